The van der Waals surface area contributed by atoms with Crippen molar-refractivity contribution in [3.63, 3.8) is 0 Å². The van der Waals surface area contributed by atoms with Crippen LogP contribution in [0, 0.1) is 5.92 Å². The van der Waals surface area contributed by atoms with Gasteiger partial charge in [0.05, 0.1) is 19.3 Å². The number of aliphatic hydroxyl groups excluding tert-OH is 1. The topological polar surface area (TPSA) is 69.1 Å². The summed E-state index contributed by atoms with van der Waals surface area (Å²) in [5.41, 5.74) is 0.0642. The maximum absolute atomic E-state index is 10.1. The maximum Gasteiger partial charge on any atom is 0.191 e. The standard InChI is InChI=1S/C19H38N4O2/c1-4-20-18(21-12-17(24)14-25-13-16-8-9-16)22-15-19(2,3)23-10-6-5-7-11-23/h16-17,24H,4-15H2,1-3H3,(H2,20,21,22). The minimum atomic E-state index is -0.502. The Morgan fingerprint density at radius 1 is 1.24 bits per heavy atom. The van der Waals surface area contributed by atoms with Crippen molar-refractivity contribution in [1.29, 1.82) is 0 Å². The molecule has 0 bridgehead atoms. The van der Waals surface area contributed by atoms with Crippen molar-refractivity contribution in [2.45, 2.75) is 64.5 Å². The highest BCUT2D eigenvalue weighted by molar-refractivity contribution is 5.79. The summed E-state index contributed by atoms with van der Waals surface area (Å²) < 4.78 is 5.55. The molecule has 6 nitrogen and oxygen atoms in total. The summed E-state index contributed by atoms with van der Waals surface area (Å²) in [5.74, 6) is 1.50. The van der Waals surface area contributed by atoms with E-state index >= 15 is 0 Å². The van der Waals surface area contributed by atoms with E-state index in [1.165, 1.54) is 45.2 Å². The second-order valence-electron chi connectivity index (χ2n) is 8.07. The molecule has 0 aromatic rings. The van der Waals surface area contributed by atoms with Gasteiger partial charge in [-0.25, -0.2) is 0 Å². The zero-order valence-electron chi connectivity index (χ0n) is 16.4. The van der Waals surface area contributed by atoms with Crippen molar-refractivity contribution in [2.75, 3.05) is 45.9 Å². The van der Waals surface area contributed by atoms with Crippen molar-refractivity contribution in [3.8, 4) is 0 Å². The molecule has 1 aliphatic carbocycles. The Hall–Kier alpha value is -0.850. The van der Waals surface area contributed by atoms with Crippen LogP contribution in [-0.4, -0.2) is 73.5 Å². The van der Waals surface area contributed by atoms with Crippen LogP contribution in [-0.2, 0) is 4.74 Å². The minimum Gasteiger partial charge on any atom is -0.389 e. The zero-order chi connectivity index (χ0) is 18.1. The fraction of sp³-hybridized carbons (Fsp3) is 0.947. The summed E-state index contributed by atoms with van der Waals surface area (Å²) >= 11 is 0. The molecule has 2 fully saturated rings. The predicted molar refractivity (Wildman–Crippen MR) is 103 cm³/mol. The van der Waals surface area contributed by atoms with Gasteiger partial charge < -0.3 is 20.5 Å². The molecule has 0 amide bonds. The van der Waals surface area contributed by atoms with Crippen LogP contribution in [0.25, 0.3) is 0 Å². The van der Waals surface area contributed by atoms with Crippen LogP contribution in [0.3, 0.4) is 0 Å². The smallest absolute Gasteiger partial charge is 0.191 e. The lowest BCUT2D eigenvalue weighted by atomic mass is 9.99. The molecular formula is C19H38N4O2. The molecule has 1 unspecified atom stereocenters. The van der Waals surface area contributed by atoms with Gasteiger partial charge in [-0.1, -0.05) is 6.42 Å². The van der Waals surface area contributed by atoms with Gasteiger partial charge in [0.2, 0.25) is 0 Å². The van der Waals surface area contributed by atoms with E-state index < -0.39 is 6.10 Å². The molecule has 0 spiro atoms. The molecule has 6 heteroatoms. The van der Waals surface area contributed by atoms with Gasteiger partial charge >= 0.3 is 0 Å². The van der Waals surface area contributed by atoms with Gasteiger partial charge in [-0.3, -0.25) is 9.89 Å². The SMILES string of the molecule is CCNC(=NCC(C)(C)N1CCCCC1)NCC(O)COCC1CC1. The number of aliphatic hydroxyl groups is 1. The average molecular weight is 355 g/mol. The molecule has 0 aromatic heterocycles. The third kappa shape index (κ3) is 7.92. The predicted octanol–water partition coefficient (Wildman–Crippen LogP) is 1.59. The first-order valence-electron chi connectivity index (χ1n) is 10.0. The highest BCUT2D eigenvalue weighted by Crippen LogP contribution is 2.28. The van der Waals surface area contributed by atoms with E-state index in [1.54, 1.807) is 0 Å². The number of likely N-dealkylation sites (tertiary alicyclic amines) is 1. The molecule has 1 aliphatic heterocycles. The first-order valence-corrected chi connectivity index (χ1v) is 10.0. The molecule has 3 N–H and O–H groups in total. The largest absolute Gasteiger partial charge is 0.389 e. The first-order chi connectivity index (χ1) is 12.0. The Bertz CT molecular complexity index is 404. The number of hydrogen-bond acceptors (Lipinski definition) is 4. The van der Waals surface area contributed by atoms with Gasteiger partial charge in [0.15, 0.2) is 5.96 Å². The quantitative estimate of drug-likeness (QED) is 0.411. The van der Waals surface area contributed by atoms with E-state index in [2.05, 4.69) is 36.3 Å². The van der Waals surface area contributed by atoms with Crippen LogP contribution in [0.5, 0.6) is 0 Å². The van der Waals surface area contributed by atoms with E-state index in [0.717, 1.165) is 31.6 Å². The number of nitrogens with one attached hydrogen (secondary N) is 2. The van der Waals surface area contributed by atoms with E-state index in [-0.39, 0.29) is 5.54 Å². The van der Waals surface area contributed by atoms with Gasteiger partial charge in [-0.15, -0.1) is 0 Å². The van der Waals surface area contributed by atoms with Gasteiger partial charge in [0.1, 0.15) is 0 Å². The number of ether oxygens (including phenoxy) is 1. The summed E-state index contributed by atoms with van der Waals surface area (Å²) in [6, 6.07) is 0. The molecule has 0 radical (unpaired) electrons. The van der Waals surface area contributed by atoms with Crippen molar-refractivity contribution in [2.24, 2.45) is 10.9 Å². The fourth-order valence-electron chi connectivity index (χ4n) is 3.14. The van der Waals surface area contributed by atoms with Gasteiger partial charge in [0, 0.05) is 25.2 Å². The molecule has 2 rings (SSSR count). The molecule has 0 aromatic carbocycles. The lowest BCUT2D eigenvalue weighted by Crippen LogP contribution is -2.50. The summed E-state index contributed by atoms with van der Waals surface area (Å²) in [5, 5.41) is 16.6. The third-order valence-corrected chi connectivity index (χ3v) is 5.05. The van der Waals surface area contributed by atoms with E-state index in [1.807, 2.05) is 0 Å². The fourth-order valence-corrected chi connectivity index (χ4v) is 3.14. The van der Waals surface area contributed by atoms with Gasteiger partial charge in [-0.2, -0.15) is 0 Å². The molecule has 1 heterocycles. The van der Waals surface area contributed by atoms with Gasteiger partial charge in [0.25, 0.3) is 0 Å². The monoisotopic (exact) mass is 354 g/mol. The van der Waals surface area contributed by atoms with E-state index in [0.29, 0.717) is 13.2 Å². The maximum atomic E-state index is 10.1. The van der Waals surface area contributed by atoms with Crippen molar-refractivity contribution >= 4 is 5.96 Å². The first kappa shape index (κ1) is 20.5. The Balaban J connectivity index is 1.73. The molecule has 1 saturated carbocycles. The molecule has 1 saturated heterocycles. The molecule has 2 aliphatic rings. The molecule has 25 heavy (non-hydrogen) atoms. The van der Waals surface area contributed by atoms with E-state index in [9.17, 15) is 5.11 Å². The van der Waals surface area contributed by atoms with Crippen molar-refractivity contribution in [1.82, 2.24) is 15.5 Å². The second-order valence-corrected chi connectivity index (χ2v) is 8.07. The highest BCUT2D eigenvalue weighted by atomic mass is 16.5. The van der Waals surface area contributed by atoms with Crippen LogP contribution >= 0.6 is 0 Å². The van der Waals surface area contributed by atoms with Gasteiger partial charge in [-0.05, 0) is 65.5 Å². The Morgan fingerprint density at radius 2 is 1.96 bits per heavy atom. The third-order valence-electron chi connectivity index (χ3n) is 5.05. The number of aliphatic imine (C=N–C) groups is 1. The van der Waals surface area contributed by atoms with Crippen LogP contribution in [0.2, 0.25) is 0 Å². The summed E-state index contributed by atoms with van der Waals surface area (Å²) in [4.78, 5) is 7.30. The second kappa shape index (κ2) is 10.3. The van der Waals surface area contributed by atoms with Crippen molar-refractivity contribution in [3.05, 3.63) is 0 Å². The van der Waals surface area contributed by atoms with E-state index in [4.69, 9.17) is 9.73 Å². The average Bonchev–Trinajstić information content (AvgIpc) is 3.42. The number of piperidine rings is 1. The normalized spacial score (nSPS) is 21.2. The Kier molecular flexibility index (Phi) is 8.46. The molecule has 146 valence electrons. The van der Waals surface area contributed by atoms with Crippen molar-refractivity contribution < 1.29 is 9.84 Å². The molecular weight excluding hydrogens is 316 g/mol. The molecule has 1 atom stereocenters. The number of nitrogens with zero attached hydrogens (tertiary/aromatic N) is 2. The van der Waals surface area contributed by atoms with Crippen LogP contribution in [0.4, 0.5) is 0 Å². The lowest BCUT2D eigenvalue weighted by molar-refractivity contribution is 0.0345. The summed E-state index contributed by atoms with van der Waals surface area (Å²) in [6.07, 6.45) is 5.98. The summed E-state index contributed by atoms with van der Waals surface area (Å²) in [7, 11) is 0. The number of hydrogen-bond donors (Lipinski definition) is 3. The van der Waals surface area contributed by atoms with Crippen LogP contribution in [0.15, 0.2) is 4.99 Å². The summed E-state index contributed by atoms with van der Waals surface area (Å²) in [6.45, 7) is 12.1. The lowest BCUT2D eigenvalue weighted by Gasteiger charge is -2.40. The highest BCUT2D eigenvalue weighted by Gasteiger charge is 2.27. The van der Waals surface area contributed by atoms with Crippen LogP contribution < -0.4 is 10.6 Å². The Morgan fingerprint density at radius 3 is 2.60 bits per heavy atom. The number of rotatable bonds is 10. The Labute approximate surface area is 153 Å². The zero-order valence-corrected chi connectivity index (χ0v) is 16.4. The number of guanidine groups is 1. The van der Waals surface area contributed by atoms with Crippen LogP contribution in [0.1, 0.15) is 52.9 Å². The minimum absolute atomic E-state index is 0.0642.